The van der Waals surface area contributed by atoms with E-state index in [1.54, 1.807) is 37.6 Å². The number of ether oxygens (including phenoxy) is 1. The normalized spacial score (nSPS) is 11.0. The Labute approximate surface area is 108 Å². The highest BCUT2D eigenvalue weighted by atomic mass is 35.5. The quantitative estimate of drug-likeness (QED) is 0.683. The summed E-state index contributed by atoms with van der Waals surface area (Å²) >= 11 is 6.14. The number of phenolic OH excluding ortho intramolecular Hbond substituents is 1. The Balaban J connectivity index is 2.57. The van der Waals surface area contributed by atoms with Gasteiger partial charge in [-0.1, -0.05) is 11.6 Å². The minimum atomic E-state index is 0.0271. The molecule has 0 spiro atoms. The first kappa shape index (κ1) is 11.0. The fraction of sp³-hybridized carbons (Fsp3) is 0.0769. The molecule has 0 atom stereocenters. The van der Waals surface area contributed by atoms with E-state index >= 15 is 0 Å². The Morgan fingerprint density at radius 2 is 2.00 bits per heavy atom. The number of aromatic hydroxyl groups is 1. The number of rotatable bonds is 1. The Kier molecular flexibility index (Phi) is 2.45. The van der Waals surface area contributed by atoms with Gasteiger partial charge in [-0.3, -0.25) is 4.98 Å². The van der Waals surface area contributed by atoms with Crippen LogP contribution in [0.3, 0.4) is 0 Å². The summed E-state index contributed by atoms with van der Waals surface area (Å²) in [4.78, 5) is 8.59. The topological polar surface area (TPSA) is 55.2 Å². The van der Waals surface area contributed by atoms with E-state index in [0.717, 1.165) is 0 Å². The standard InChI is InChI=1S/C13H9ClN2O2/c1-18-9-5-4-7-10(14)13(17)8-3-2-6-15-11(8)12(7)16-9/h2-6,17H,1H3. The molecular formula is C13H9ClN2O2. The van der Waals surface area contributed by atoms with Gasteiger partial charge < -0.3 is 9.84 Å². The lowest BCUT2D eigenvalue weighted by molar-refractivity contribution is 0.399. The van der Waals surface area contributed by atoms with Crippen LogP contribution in [0.5, 0.6) is 11.6 Å². The molecule has 1 aromatic carbocycles. The zero-order valence-electron chi connectivity index (χ0n) is 9.51. The Morgan fingerprint density at radius 3 is 2.78 bits per heavy atom. The van der Waals surface area contributed by atoms with Crippen molar-refractivity contribution in [2.24, 2.45) is 0 Å². The van der Waals surface area contributed by atoms with Gasteiger partial charge in [0.25, 0.3) is 0 Å². The van der Waals surface area contributed by atoms with Crippen LogP contribution in [0.2, 0.25) is 5.02 Å². The van der Waals surface area contributed by atoms with Crippen molar-refractivity contribution in [3.8, 4) is 11.6 Å². The van der Waals surface area contributed by atoms with Crippen LogP contribution in [0.25, 0.3) is 21.8 Å². The van der Waals surface area contributed by atoms with E-state index in [1.165, 1.54) is 0 Å². The molecule has 0 aliphatic rings. The molecule has 0 saturated heterocycles. The number of aromatic nitrogens is 2. The predicted molar refractivity (Wildman–Crippen MR) is 70.3 cm³/mol. The second-order valence-electron chi connectivity index (χ2n) is 3.81. The van der Waals surface area contributed by atoms with E-state index in [1.807, 2.05) is 0 Å². The monoisotopic (exact) mass is 260 g/mol. The molecule has 0 saturated carbocycles. The summed E-state index contributed by atoms with van der Waals surface area (Å²) in [6.07, 6.45) is 1.65. The zero-order valence-corrected chi connectivity index (χ0v) is 10.3. The predicted octanol–water partition coefficient (Wildman–Crippen LogP) is 3.15. The van der Waals surface area contributed by atoms with Crippen molar-refractivity contribution in [1.29, 1.82) is 0 Å². The van der Waals surface area contributed by atoms with Crippen LogP contribution in [-0.2, 0) is 0 Å². The first-order valence-electron chi connectivity index (χ1n) is 5.32. The lowest BCUT2D eigenvalue weighted by Crippen LogP contribution is -1.91. The van der Waals surface area contributed by atoms with E-state index in [9.17, 15) is 5.11 Å². The van der Waals surface area contributed by atoms with Gasteiger partial charge in [0, 0.05) is 23.0 Å². The van der Waals surface area contributed by atoms with Crippen LogP contribution >= 0.6 is 11.6 Å². The van der Waals surface area contributed by atoms with Gasteiger partial charge in [0.15, 0.2) is 0 Å². The molecule has 0 aliphatic carbocycles. The Bertz CT molecular complexity index is 759. The van der Waals surface area contributed by atoms with Crippen LogP contribution in [0.4, 0.5) is 0 Å². The van der Waals surface area contributed by atoms with E-state index in [0.29, 0.717) is 27.7 Å². The molecule has 0 bridgehead atoms. The molecule has 0 unspecified atom stereocenters. The van der Waals surface area contributed by atoms with E-state index in [2.05, 4.69) is 9.97 Å². The highest BCUT2D eigenvalue weighted by molar-refractivity contribution is 6.39. The second-order valence-corrected chi connectivity index (χ2v) is 4.19. The number of methoxy groups -OCH3 is 1. The molecule has 4 nitrogen and oxygen atoms in total. The van der Waals surface area contributed by atoms with Gasteiger partial charge in [0.05, 0.1) is 12.1 Å². The highest BCUT2D eigenvalue weighted by Crippen LogP contribution is 2.39. The molecule has 3 aromatic rings. The van der Waals surface area contributed by atoms with Crippen molar-refractivity contribution < 1.29 is 9.84 Å². The summed E-state index contributed by atoms with van der Waals surface area (Å²) in [6.45, 7) is 0. The van der Waals surface area contributed by atoms with Gasteiger partial charge in [-0.2, -0.15) is 0 Å². The molecule has 2 aromatic heterocycles. The van der Waals surface area contributed by atoms with E-state index in [4.69, 9.17) is 16.3 Å². The number of phenols is 1. The maximum atomic E-state index is 10.1. The Morgan fingerprint density at radius 1 is 1.17 bits per heavy atom. The zero-order chi connectivity index (χ0) is 12.7. The SMILES string of the molecule is COc1ccc2c(Cl)c(O)c3cccnc3c2n1. The second kappa shape index (κ2) is 3.99. The molecule has 2 heterocycles. The number of halogens is 1. The molecule has 1 N–H and O–H groups in total. The number of hydrogen-bond acceptors (Lipinski definition) is 4. The fourth-order valence-corrected chi connectivity index (χ4v) is 2.20. The van der Waals surface area contributed by atoms with Crippen LogP contribution < -0.4 is 4.74 Å². The van der Waals surface area contributed by atoms with E-state index < -0.39 is 0 Å². The molecule has 0 fully saturated rings. The minimum absolute atomic E-state index is 0.0271. The number of hydrogen-bond donors (Lipinski definition) is 1. The molecule has 18 heavy (non-hydrogen) atoms. The molecular weight excluding hydrogens is 252 g/mol. The molecule has 90 valence electrons. The van der Waals surface area contributed by atoms with Crippen molar-refractivity contribution >= 4 is 33.4 Å². The number of pyridine rings is 2. The lowest BCUT2D eigenvalue weighted by atomic mass is 10.1. The van der Waals surface area contributed by atoms with Gasteiger partial charge in [-0.05, 0) is 18.2 Å². The van der Waals surface area contributed by atoms with Crippen molar-refractivity contribution in [2.75, 3.05) is 7.11 Å². The molecule has 5 heteroatoms. The summed E-state index contributed by atoms with van der Waals surface area (Å²) in [5.41, 5.74) is 1.22. The van der Waals surface area contributed by atoms with E-state index in [-0.39, 0.29) is 10.8 Å². The fourth-order valence-electron chi connectivity index (χ4n) is 1.94. The maximum absolute atomic E-state index is 10.1. The summed E-state index contributed by atoms with van der Waals surface area (Å²) in [5.74, 6) is 0.510. The maximum Gasteiger partial charge on any atom is 0.213 e. The molecule has 0 aliphatic heterocycles. The van der Waals surface area contributed by atoms with Crippen LogP contribution in [-0.4, -0.2) is 22.2 Å². The average Bonchev–Trinajstić information content (AvgIpc) is 2.44. The van der Waals surface area contributed by atoms with Crippen molar-refractivity contribution in [3.05, 3.63) is 35.5 Å². The largest absolute Gasteiger partial charge is 0.506 e. The summed E-state index contributed by atoms with van der Waals surface area (Å²) < 4.78 is 5.10. The van der Waals surface area contributed by atoms with Gasteiger partial charge in [0.2, 0.25) is 5.88 Å². The third kappa shape index (κ3) is 1.46. The lowest BCUT2D eigenvalue weighted by Gasteiger charge is -2.08. The number of nitrogens with zero attached hydrogens (tertiary/aromatic N) is 2. The van der Waals surface area contributed by atoms with Gasteiger partial charge in [-0.25, -0.2) is 4.98 Å². The molecule has 0 amide bonds. The van der Waals surface area contributed by atoms with Crippen LogP contribution in [0.15, 0.2) is 30.5 Å². The van der Waals surface area contributed by atoms with Crippen molar-refractivity contribution in [2.45, 2.75) is 0 Å². The molecule has 3 rings (SSSR count). The van der Waals surface area contributed by atoms with Crippen molar-refractivity contribution in [3.63, 3.8) is 0 Å². The van der Waals surface area contributed by atoms with Crippen molar-refractivity contribution in [1.82, 2.24) is 9.97 Å². The third-order valence-electron chi connectivity index (χ3n) is 2.81. The molecule has 0 radical (unpaired) electrons. The smallest absolute Gasteiger partial charge is 0.213 e. The summed E-state index contributed by atoms with van der Waals surface area (Å²) in [7, 11) is 1.55. The van der Waals surface area contributed by atoms with Gasteiger partial charge in [0.1, 0.15) is 16.8 Å². The number of benzene rings is 1. The van der Waals surface area contributed by atoms with Crippen LogP contribution in [0.1, 0.15) is 0 Å². The Hall–Kier alpha value is -2.07. The minimum Gasteiger partial charge on any atom is -0.506 e. The number of fused-ring (bicyclic) bond motifs is 3. The third-order valence-corrected chi connectivity index (χ3v) is 3.19. The first-order valence-corrected chi connectivity index (χ1v) is 5.70. The average molecular weight is 261 g/mol. The summed E-state index contributed by atoms with van der Waals surface area (Å²) in [5, 5.41) is 11.6. The van der Waals surface area contributed by atoms with Crippen LogP contribution in [0, 0.1) is 0 Å². The van der Waals surface area contributed by atoms with Gasteiger partial charge >= 0.3 is 0 Å². The first-order chi connectivity index (χ1) is 8.72. The highest BCUT2D eigenvalue weighted by Gasteiger charge is 2.14. The van der Waals surface area contributed by atoms with Gasteiger partial charge in [-0.15, -0.1) is 0 Å². The summed E-state index contributed by atoms with van der Waals surface area (Å²) in [6, 6.07) is 6.95.